The van der Waals surface area contributed by atoms with Gasteiger partial charge in [-0.3, -0.25) is 14.3 Å². The molecule has 0 spiro atoms. The van der Waals surface area contributed by atoms with Crippen LogP contribution in [0.3, 0.4) is 0 Å². The maximum Gasteiger partial charge on any atom is 0.310 e. The lowest BCUT2D eigenvalue weighted by molar-refractivity contribution is -0.146. The van der Waals surface area contributed by atoms with E-state index in [-0.39, 0.29) is 24.7 Å². The van der Waals surface area contributed by atoms with E-state index in [1.165, 1.54) is 15.8 Å². The van der Waals surface area contributed by atoms with E-state index in [1.54, 1.807) is 0 Å². The van der Waals surface area contributed by atoms with Crippen LogP contribution in [0.5, 0.6) is 0 Å². The molecule has 2 heterocycles. The largest absolute Gasteiger partial charge is 0.481 e. The maximum absolute atomic E-state index is 11.8. The van der Waals surface area contributed by atoms with Gasteiger partial charge in [0.1, 0.15) is 0 Å². The van der Waals surface area contributed by atoms with E-state index in [0.717, 1.165) is 0 Å². The molecular formula is C9H13N5O3. The topological polar surface area (TPSA) is 114 Å². The number of carbonyl (C=O) groups is 2. The number of rotatable bonds is 4. The van der Waals surface area contributed by atoms with Crippen molar-refractivity contribution in [2.24, 2.45) is 11.7 Å². The van der Waals surface area contributed by atoms with E-state index >= 15 is 0 Å². The molecule has 1 fully saturated rings. The van der Waals surface area contributed by atoms with Crippen molar-refractivity contribution in [1.82, 2.24) is 19.9 Å². The summed E-state index contributed by atoms with van der Waals surface area (Å²) in [5.74, 6) is -1.62. The van der Waals surface area contributed by atoms with Gasteiger partial charge in [0.05, 0.1) is 18.7 Å². The number of likely N-dealkylation sites (tertiary alicyclic amines) is 1. The third-order valence-electron chi connectivity index (χ3n) is 2.63. The third-order valence-corrected chi connectivity index (χ3v) is 2.63. The number of hydrogen-bond donors (Lipinski definition) is 2. The fourth-order valence-corrected chi connectivity index (χ4v) is 1.60. The van der Waals surface area contributed by atoms with Gasteiger partial charge in [-0.15, -0.1) is 5.10 Å². The molecule has 1 aromatic heterocycles. The molecule has 0 saturated carbocycles. The highest BCUT2D eigenvalue weighted by Crippen LogP contribution is 2.17. The predicted molar refractivity (Wildman–Crippen MR) is 56.1 cm³/mol. The molecule has 1 saturated heterocycles. The molecular weight excluding hydrogens is 226 g/mol. The van der Waals surface area contributed by atoms with Crippen LogP contribution >= 0.6 is 0 Å². The number of carboxylic acid groups (broad SMARTS) is 1. The summed E-state index contributed by atoms with van der Waals surface area (Å²) in [5, 5.41) is 16.2. The van der Waals surface area contributed by atoms with Gasteiger partial charge in [0.15, 0.2) is 5.69 Å². The molecule has 1 aliphatic heterocycles. The van der Waals surface area contributed by atoms with Gasteiger partial charge in [0.25, 0.3) is 5.91 Å². The molecule has 0 atom stereocenters. The van der Waals surface area contributed by atoms with E-state index < -0.39 is 11.9 Å². The van der Waals surface area contributed by atoms with E-state index in [2.05, 4.69) is 10.3 Å². The zero-order chi connectivity index (χ0) is 12.4. The summed E-state index contributed by atoms with van der Waals surface area (Å²) >= 11 is 0. The van der Waals surface area contributed by atoms with E-state index in [9.17, 15) is 9.59 Å². The number of nitrogens with two attached hydrogens (primary N) is 1. The Bertz CT molecular complexity index is 438. The van der Waals surface area contributed by atoms with Crippen molar-refractivity contribution in [3.8, 4) is 0 Å². The minimum absolute atomic E-state index is 0.224. The summed E-state index contributed by atoms with van der Waals surface area (Å²) in [6.45, 7) is 1.38. The van der Waals surface area contributed by atoms with Gasteiger partial charge < -0.3 is 15.7 Å². The molecule has 8 heteroatoms. The van der Waals surface area contributed by atoms with Crippen molar-refractivity contribution < 1.29 is 14.7 Å². The molecule has 0 bridgehead atoms. The summed E-state index contributed by atoms with van der Waals surface area (Å²) in [6.07, 6.45) is 1.52. The van der Waals surface area contributed by atoms with E-state index in [0.29, 0.717) is 13.1 Å². The molecule has 1 amide bonds. The molecule has 1 aromatic rings. The van der Waals surface area contributed by atoms with Crippen LogP contribution in [0.25, 0.3) is 0 Å². The van der Waals surface area contributed by atoms with Crippen molar-refractivity contribution in [1.29, 1.82) is 0 Å². The van der Waals surface area contributed by atoms with Gasteiger partial charge >= 0.3 is 5.97 Å². The van der Waals surface area contributed by atoms with Gasteiger partial charge in [0.2, 0.25) is 0 Å². The van der Waals surface area contributed by atoms with Gasteiger partial charge in [-0.25, -0.2) is 0 Å². The molecule has 17 heavy (non-hydrogen) atoms. The van der Waals surface area contributed by atoms with E-state index in [1.807, 2.05) is 0 Å². The van der Waals surface area contributed by atoms with Gasteiger partial charge in [0, 0.05) is 19.6 Å². The van der Waals surface area contributed by atoms with Crippen LogP contribution in [0.2, 0.25) is 0 Å². The second-order valence-corrected chi connectivity index (χ2v) is 3.90. The standard InChI is InChI=1S/C9H13N5O3/c10-1-2-14-5-7(11-12-14)8(15)13-3-6(4-13)9(16)17/h5-6H,1-4,10H2,(H,16,17). The van der Waals surface area contributed by atoms with Crippen LogP contribution in [0.4, 0.5) is 0 Å². The zero-order valence-electron chi connectivity index (χ0n) is 9.11. The first-order valence-electron chi connectivity index (χ1n) is 5.24. The van der Waals surface area contributed by atoms with Crippen LogP contribution < -0.4 is 5.73 Å². The summed E-state index contributed by atoms with van der Waals surface area (Å²) < 4.78 is 1.49. The number of carbonyl (C=O) groups excluding carboxylic acids is 1. The Morgan fingerprint density at radius 1 is 1.53 bits per heavy atom. The molecule has 0 radical (unpaired) electrons. The zero-order valence-corrected chi connectivity index (χ0v) is 9.11. The Morgan fingerprint density at radius 3 is 2.82 bits per heavy atom. The third kappa shape index (κ3) is 2.26. The van der Waals surface area contributed by atoms with Crippen molar-refractivity contribution >= 4 is 11.9 Å². The Hall–Kier alpha value is -1.96. The van der Waals surface area contributed by atoms with Crippen LogP contribution in [0.1, 0.15) is 10.5 Å². The monoisotopic (exact) mass is 239 g/mol. The first-order chi connectivity index (χ1) is 8.11. The first kappa shape index (κ1) is 11.5. The van der Waals surface area contributed by atoms with Crippen LogP contribution in [0, 0.1) is 5.92 Å². The van der Waals surface area contributed by atoms with Gasteiger partial charge in [-0.1, -0.05) is 5.21 Å². The molecule has 1 aliphatic rings. The molecule has 8 nitrogen and oxygen atoms in total. The SMILES string of the molecule is NCCn1cc(C(=O)N2CC(C(=O)O)C2)nn1. The fraction of sp³-hybridized carbons (Fsp3) is 0.556. The number of amides is 1. The molecule has 92 valence electrons. The lowest BCUT2D eigenvalue weighted by Gasteiger charge is -2.35. The minimum Gasteiger partial charge on any atom is -0.481 e. The summed E-state index contributed by atoms with van der Waals surface area (Å²) in [7, 11) is 0. The average molecular weight is 239 g/mol. The smallest absolute Gasteiger partial charge is 0.310 e. The lowest BCUT2D eigenvalue weighted by atomic mass is 10.0. The highest BCUT2D eigenvalue weighted by atomic mass is 16.4. The predicted octanol–water partition coefficient (Wildman–Crippen LogP) is -1.61. The molecule has 0 aromatic carbocycles. The highest BCUT2D eigenvalue weighted by molar-refractivity contribution is 5.93. The summed E-state index contributed by atoms with van der Waals surface area (Å²) in [4.78, 5) is 23.8. The maximum atomic E-state index is 11.8. The average Bonchev–Trinajstić information content (AvgIpc) is 2.63. The highest BCUT2D eigenvalue weighted by Gasteiger charge is 2.36. The van der Waals surface area contributed by atoms with Crippen LogP contribution in [0.15, 0.2) is 6.20 Å². The molecule has 2 rings (SSSR count). The van der Waals surface area contributed by atoms with Crippen molar-refractivity contribution in [2.75, 3.05) is 19.6 Å². The summed E-state index contributed by atoms with van der Waals surface area (Å²) in [6, 6.07) is 0. The Morgan fingerprint density at radius 2 is 2.24 bits per heavy atom. The van der Waals surface area contributed by atoms with Gasteiger partial charge in [-0.2, -0.15) is 0 Å². The van der Waals surface area contributed by atoms with Crippen molar-refractivity contribution in [3.05, 3.63) is 11.9 Å². The first-order valence-corrected chi connectivity index (χ1v) is 5.24. The Balaban J connectivity index is 1.94. The van der Waals surface area contributed by atoms with Crippen molar-refractivity contribution in [2.45, 2.75) is 6.54 Å². The Labute approximate surface area is 97.0 Å². The van der Waals surface area contributed by atoms with Gasteiger partial charge in [-0.05, 0) is 0 Å². The second-order valence-electron chi connectivity index (χ2n) is 3.90. The van der Waals surface area contributed by atoms with E-state index in [4.69, 9.17) is 10.8 Å². The number of carboxylic acids is 1. The molecule has 3 N–H and O–H groups in total. The Kier molecular flexibility index (Phi) is 3.05. The molecule has 0 aliphatic carbocycles. The number of aliphatic carboxylic acids is 1. The van der Waals surface area contributed by atoms with Crippen LogP contribution in [-0.2, 0) is 11.3 Å². The lowest BCUT2D eigenvalue weighted by Crippen LogP contribution is -2.53. The normalized spacial score (nSPS) is 15.7. The quantitative estimate of drug-likeness (QED) is 0.653. The number of aromatic nitrogens is 3. The van der Waals surface area contributed by atoms with Crippen molar-refractivity contribution in [3.63, 3.8) is 0 Å². The minimum atomic E-state index is -0.874. The number of hydrogen-bond acceptors (Lipinski definition) is 5. The fourth-order valence-electron chi connectivity index (χ4n) is 1.60. The van der Waals surface area contributed by atoms with Crippen LogP contribution in [-0.4, -0.2) is 56.5 Å². The molecule has 0 unspecified atom stereocenters. The number of nitrogens with zero attached hydrogens (tertiary/aromatic N) is 4. The second kappa shape index (κ2) is 4.50. The summed E-state index contributed by atoms with van der Waals surface area (Å²) in [5.41, 5.74) is 5.57.